The summed E-state index contributed by atoms with van der Waals surface area (Å²) >= 11 is 7.47. The zero-order valence-corrected chi connectivity index (χ0v) is 20.6. The van der Waals surface area contributed by atoms with Crippen molar-refractivity contribution in [3.63, 3.8) is 0 Å². The average molecular weight is 507 g/mol. The lowest BCUT2D eigenvalue weighted by Crippen LogP contribution is -2.31. The maximum Gasteiger partial charge on any atom is 0.264 e. The molecule has 0 atom stereocenters. The van der Waals surface area contributed by atoms with E-state index in [1.165, 1.54) is 24.9 Å². The lowest BCUT2D eigenvalue weighted by Gasteiger charge is -2.22. The number of carbonyl (C=O) groups excluding carboxylic acids is 1. The Morgan fingerprint density at radius 1 is 1.06 bits per heavy atom. The number of nitrogens with one attached hydrogen (secondary N) is 1. The number of nitrogens with zero attached hydrogens (tertiary/aromatic N) is 1. The molecule has 174 valence electrons. The molecule has 0 aliphatic rings. The Hall–Kier alpha value is -2.55. The summed E-state index contributed by atoms with van der Waals surface area (Å²) < 4.78 is 41.1. The van der Waals surface area contributed by atoms with Crippen LogP contribution in [-0.4, -0.2) is 33.7 Å². The van der Waals surface area contributed by atoms with Crippen LogP contribution >= 0.6 is 23.4 Å². The van der Waals surface area contributed by atoms with E-state index in [0.29, 0.717) is 28.6 Å². The molecule has 0 spiro atoms. The van der Waals surface area contributed by atoms with Crippen LogP contribution in [0.3, 0.4) is 0 Å². The molecule has 0 aromatic heterocycles. The second kappa shape index (κ2) is 11.0. The number of anilines is 1. The lowest BCUT2D eigenvalue weighted by atomic mass is 10.1. The van der Waals surface area contributed by atoms with Crippen LogP contribution in [0.25, 0.3) is 0 Å². The summed E-state index contributed by atoms with van der Waals surface area (Å²) in [5.41, 5.74) is 1.91. The number of hydrogen-bond acceptors (Lipinski definition) is 4. The minimum Gasteiger partial charge on any atom is -0.351 e. The topological polar surface area (TPSA) is 66.5 Å². The summed E-state index contributed by atoms with van der Waals surface area (Å²) in [5, 5.41) is 3.17. The highest BCUT2D eigenvalue weighted by atomic mass is 35.5. The molecule has 9 heteroatoms. The van der Waals surface area contributed by atoms with Crippen molar-refractivity contribution >= 4 is 45.0 Å². The first-order valence-corrected chi connectivity index (χ1v) is 13.1. The van der Waals surface area contributed by atoms with E-state index in [0.717, 1.165) is 9.87 Å². The van der Waals surface area contributed by atoms with Crippen LogP contribution in [-0.2, 0) is 15.8 Å². The van der Waals surface area contributed by atoms with Crippen LogP contribution in [0.4, 0.5) is 10.1 Å². The number of rotatable bonds is 9. The van der Waals surface area contributed by atoms with Crippen LogP contribution in [0.5, 0.6) is 0 Å². The molecule has 0 aliphatic carbocycles. The Kier molecular flexibility index (Phi) is 8.40. The summed E-state index contributed by atoms with van der Waals surface area (Å²) in [5.74, 6) is 0.179. The smallest absolute Gasteiger partial charge is 0.264 e. The van der Waals surface area contributed by atoms with Crippen molar-refractivity contribution < 1.29 is 17.6 Å². The number of sulfonamides is 1. The van der Waals surface area contributed by atoms with Gasteiger partial charge < -0.3 is 5.32 Å². The second-order valence-electron chi connectivity index (χ2n) is 7.31. The van der Waals surface area contributed by atoms with E-state index in [1.54, 1.807) is 60.7 Å². The normalized spacial score (nSPS) is 11.3. The number of para-hydroxylation sites is 1. The summed E-state index contributed by atoms with van der Waals surface area (Å²) in [6, 6.07) is 17.6. The predicted octanol–water partition coefficient (Wildman–Crippen LogP) is 5.28. The molecule has 0 radical (unpaired) electrons. The quantitative estimate of drug-likeness (QED) is 0.401. The van der Waals surface area contributed by atoms with Crippen molar-refractivity contribution in [2.24, 2.45) is 0 Å². The summed E-state index contributed by atoms with van der Waals surface area (Å²) in [4.78, 5) is 12.9. The van der Waals surface area contributed by atoms with Gasteiger partial charge >= 0.3 is 0 Å². The fraction of sp³-hybridized carbons (Fsp3) is 0.208. The van der Waals surface area contributed by atoms with Gasteiger partial charge in [0, 0.05) is 35.7 Å². The van der Waals surface area contributed by atoms with E-state index >= 15 is 0 Å². The summed E-state index contributed by atoms with van der Waals surface area (Å²) in [6.45, 7) is 2.21. The molecule has 3 rings (SSSR count). The molecule has 0 bridgehead atoms. The molecule has 0 fully saturated rings. The van der Waals surface area contributed by atoms with Crippen molar-refractivity contribution in [3.8, 4) is 0 Å². The highest BCUT2D eigenvalue weighted by molar-refractivity contribution is 7.98. The highest BCUT2D eigenvalue weighted by Crippen LogP contribution is 2.26. The third kappa shape index (κ3) is 6.07. The van der Waals surface area contributed by atoms with Gasteiger partial charge in [0.2, 0.25) is 0 Å². The minimum atomic E-state index is -3.83. The van der Waals surface area contributed by atoms with Crippen molar-refractivity contribution in [2.45, 2.75) is 17.6 Å². The maximum atomic E-state index is 13.8. The van der Waals surface area contributed by atoms with Crippen LogP contribution in [0, 0.1) is 12.7 Å². The molecule has 0 saturated carbocycles. The highest BCUT2D eigenvalue weighted by Gasteiger charge is 2.24. The monoisotopic (exact) mass is 506 g/mol. The van der Waals surface area contributed by atoms with Gasteiger partial charge in [0.1, 0.15) is 5.82 Å². The molecule has 5 nitrogen and oxygen atoms in total. The number of aryl methyl sites for hydroxylation is 1. The van der Waals surface area contributed by atoms with Crippen LogP contribution < -0.4 is 9.62 Å². The fourth-order valence-electron chi connectivity index (χ4n) is 3.11. The first kappa shape index (κ1) is 25.1. The fourth-order valence-corrected chi connectivity index (χ4v) is 5.53. The van der Waals surface area contributed by atoms with E-state index < -0.39 is 10.0 Å². The van der Waals surface area contributed by atoms with Gasteiger partial charge in [0.25, 0.3) is 15.9 Å². The maximum absolute atomic E-state index is 13.8. The van der Waals surface area contributed by atoms with E-state index in [2.05, 4.69) is 5.32 Å². The Balaban J connectivity index is 1.64. The third-order valence-electron chi connectivity index (χ3n) is 5.01. The minimum absolute atomic E-state index is 0.147. The number of carbonyl (C=O) groups is 1. The Bertz CT molecular complexity index is 1210. The van der Waals surface area contributed by atoms with Crippen LogP contribution in [0.15, 0.2) is 71.6 Å². The summed E-state index contributed by atoms with van der Waals surface area (Å²) in [7, 11) is -2.41. The first-order valence-electron chi connectivity index (χ1n) is 10.2. The van der Waals surface area contributed by atoms with Crippen molar-refractivity contribution in [1.29, 1.82) is 0 Å². The Labute approximate surface area is 203 Å². The molecule has 0 saturated heterocycles. The van der Waals surface area contributed by atoms with E-state index in [4.69, 9.17) is 11.6 Å². The zero-order valence-electron chi connectivity index (χ0n) is 18.2. The van der Waals surface area contributed by atoms with E-state index in [1.807, 2.05) is 6.92 Å². The Morgan fingerprint density at radius 3 is 2.45 bits per heavy atom. The van der Waals surface area contributed by atoms with Crippen molar-refractivity contribution in [2.75, 3.05) is 23.7 Å². The van der Waals surface area contributed by atoms with Crippen molar-refractivity contribution in [1.82, 2.24) is 5.32 Å². The molecule has 0 aliphatic heterocycles. The van der Waals surface area contributed by atoms with Gasteiger partial charge in [-0.3, -0.25) is 9.10 Å². The van der Waals surface area contributed by atoms with Gasteiger partial charge in [0.05, 0.1) is 16.1 Å². The SMILES string of the molecule is Cc1ccc(S(=O)(=O)N(C)c2ccccc2C(=O)NCCSCc2c(F)cccc2Cl)cc1. The van der Waals surface area contributed by atoms with Crippen LogP contribution in [0.2, 0.25) is 5.02 Å². The second-order valence-corrected chi connectivity index (χ2v) is 10.8. The molecule has 0 heterocycles. The number of hydrogen-bond donors (Lipinski definition) is 1. The number of benzene rings is 3. The number of amides is 1. The largest absolute Gasteiger partial charge is 0.351 e. The number of thioether (sulfide) groups is 1. The molecule has 1 N–H and O–H groups in total. The molecular weight excluding hydrogens is 483 g/mol. The third-order valence-corrected chi connectivity index (χ3v) is 8.13. The van der Waals surface area contributed by atoms with E-state index in [-0.39, 0.29) is 27.9 Å². The Morgan fingerprint density at radius 2 is 1.76 bits per heavy atom. The van der Waals surface area contributed by atoms with Gasteiger partial charge in [-0.25, -0.2) is 12.8 Å². The van der Waals surface area contributed by atoms with Gasteiger partial charge in [0.15, 0.2) is 0 Å². The molecule has 3 aromatic rings. The van der Waals surface area contributed by atoms with Gasteiger partial charge in [-0.15, -0.1) is 0 Å². The zero-order chi connectivity index (χ0) is 24.0. The molecule has 1 amide bonds. The van der Waals surface area contributed by atoms with E-state index in [9.17, 15) is 17.6 Å². The van der Waals surface area contributed by atoms with Gasteiger partial charge in [-0.1, -0.05) is 47.5 Å². The standard InChI is InChI=1S/C24H24ClFN2O3S2/c1-17-10-12-18(13-11-17)33(30,31)28(2)23-9-4-3-6-19(23)24(29)27-14-15-32-16-20-21(25)7-5-8-22(20)26/h3-13H,14-16H2,1-2H3,(H,27,29). The summed E-state index contributed by atoms with van der Waals surface area (Å²) in [6.07, 6.45) is 0. The van der Waals surface area contributed by atoms with Crippen molar-refractivity contribution in [3.05, 3.63) is 94.3 Å². The van der Waals surface area contributed by atoms with Gasteiger partial charge in [-0.05, 0) is 43.3 Å². The van der Waals surface area contributed by atoms with Crippen LogP contribution in [0.1, 0.15) is 21.5 Å². The molecule has 0 unspecified atom stereocenters. The molecule has 33 heavy (non-hydrogen) atoms. The first-order chi connectivity index (χ1) is 15.7. The van der Waals surface area contributed by atoms with Gasteiger partial charge in [-0.2, -0.15) is 11.8 Å². The number of halogens is 2. The predicted molar refractivity (Wildman–Crippen MR) is 133 cm³/mol. The lowest BCUT2D eigenvalue weighted by molar-refractivity contribution is 0.0957. The molecular formula is C24H24ClFN2O3S2. The molecule has 3 aromatic carbocycles. The average Bonchev–Trinajstić information content (AvgIpc) is 2.80.